The number of methoxy groups -OCH3 is 1. The van der Waals surface area contributed by atoms with Crippen molar-refractivity contribution in [2.45, 2.75) is 129 Å². The summed E-state index contributed by atoms with van der Waals surface area (Å²) in [4.78, 5) is 40.3. The molecule has 3 rings (SSSR count). The van der Waals surface area contributed by atoms with Crippen LogP contribution < -0.4 is 0 Å². The van der Waals surface area contributed by atoms with Crippen LogP contribution in [0.4, 0.5) is 4.39 Å². The molecular formula is C28H48FNO8. The Morgan fingerprint density at radius 1 is 1.11 bits per heavy atom. The highest BCUT2D eigenvalue weighted by atomic mass is 19.1. The second-order valence-corrected chi connectivity index (χ2v) is 10.9. The summed E-state index contributed by atoms with van der Waals surface area (Å²) in [6, 6.07) is -0.948. The molecule has 1 saturated carbocycles. The Morgan fingerprint density at radius 3 is 2.45 bits per heavy atom. The number of piperidine rings is 1. The number of nitrogens with zero attached hydrogens (tertiary/aromatic N) is 1. The van der Waals surface area contributed by atoms with Crippen LogP contribution in [0.15, 0.2) is 0 Å². The van der Waals surface area contributed by atoms with Gasteiger partial charge in [-0.3, -0.25) is 9.59 Å². The van der Waals surface area contributed by atoms with E-state index in [1.54, 1.807) is 7.11 Å². The highest BCUT2D eigenvalue weighted by Crippen LogP contribution is 2.35. The zero-order valence-electron chi connectivity index (χ0n) is 23.9. The number of hydrogen-bond acceptors (Lipinski definition) is 8. The number of carbonyl (C=O) groups excluding carboxylic acids is 3. The van der Waals surface area contributed by atoms with Gasteiger partial charge in [0.25, 0.3) is 11.7 Å². The van der Waals surface area contributed by atoms with Crippen molar-refractivity contribution in [1.82, 2.24) is 4.90 Å². The Balaban J connectivity index is 0.00000247. The van der Waals surface area contributed by atoms with Crippen LogP contribution in [-0.2, 0) is 28.6 Å². The zero-order chi connectivity index (χ0) is 28.6. The lowest BCUT2D eigenvalue weighted by molar-refractivity contribution is -0.286. The van der Waals surface area contributed by atoms with E-state index in [4.69, 9.17) is 14.2 Å². The molecular weight excluding hydrogens is 497 g/mol. The molecule has 0 aromatic heterocycles. The third-order valence-corrected chi connectivity index (χ3v) is 8.33. The predicted octanol–water partition coefficient (Wildman–Crippen LogP) is 3.53. The fourth-order valence-electron chi connectivity index (χ4n) is 5.69. The van der Waals surface area contributed by atoms with Crippen LogP contribution in [0.2, 0.25) is 0 Å². The highest BCUT2D eigenvalue weighted by molar-refractivity contribution is 6.39. The van der Waals surface area contributed by atoms with Crippen molar-refractivity contribution >= 4 is 17.7 Å². The number of aliphatic hydroxyl groups excluding tert-OH is 1. The number of amides is 1. The molecule has 0 aromatic carbocycles. The van der Waals surface area contributed by atoms with Crippen LogP contribution in [0, 0.1) is 17.8 Å². The first-order valence-electron chi connectivity index (χ1n) is 14.3. The van der Waals surface area contributed by atoms with Gasteiger partial charge in [-0.1, -0.05) is 27.7 Å². The Bertz CT molecular complexity index is 797. The van der Waals surface area contributed by atoms with Gasteiger partial charge in [0.05, 0.1) is 12.2 Å². The topological polar surface area (TPSA) is 123 Å². The van der Waals surface area contributed by atoms with E-state index in [0.717, 1.165) is 24.2 Å². The lowest BCUT2D eigenvalue weighted by Crippen LogP contribution is -2.60. The van der Waals surface area contributed by atoms with E-state index >= 15 is 0 Å². The molecule has 0 aromatic rings. The fourth-order valence-corrected chi connectivity index (χ4v) is 5.69. The largest absolute Gasteiger partial charge is 0.461 e. The molecule has 3 aliphatic rings. The van der Waals surface area contributed by atoms with Crippen molar-refractivity contribution in [2.75, 3.05) is 13.7 Å². The molecule has 10 heteroatoms. The minimum absolute atomic E-state index is 0.0350. The molecule has 2 saturated heterocycles. The minimum atomic E-state index is -2.55. The van der Waals surface area contributed by atoms with Gasteiger partial charge in [0.1, 0.15) is 12.1 Å². The molecule has 0 bridgehead atoms. The Kier molecular flexibility index (Phi) is 12.6. The first kappa shape index (κ1) is 32.6. The number of carbonyl (C=O) groups is 3. The highest BCUT2D eigenvalue weighted by Gasteiger charge is 2.53. The normalized spacial score (nSPS) is 35.3. The molecule has 220 valence electrons. The van der Waals surface area contributed by atoms with E-state index in [1.807, 2.05) is 27.7 Å². The Hall–Kier alpha value is -1.62. The maximum atomic E-state index is 13.8. The molecule has 1 aliphatic carbocycles. The quantitative estimate of drug-likeness (QED) is 0.351. The Labute approximate surface area is 226 Å². The first-order chi connectivity index (χ1) is 18.0. The molecule has 1 amide bonds. The van der Waals surface area contributed by atoms with E-state index in [2.05, 4.69) is 0 Å². The maximum Gasteiger partial charge on any atom is 0.329 e. The number of likely N-dealkylation sites (tertiary alicyclic amines) is 1. The molecule has 38 heavy (non-hydrogen) atoms. The average Bonchev–Trinajstić information content (AvgIpc) is 2.92. The number of hydrogen-bond donors (Lipinski definition) is 2. The summed E-state index contributed by atoms with van der Waals surface area (Å²) in [6.07, 6.45) is 2.08. The van der Waals surface area contributed by atoms with Gasteiger partial charge >= 0.3 is 5.97 Å². The van der Waals surface area contributed by atoms with Crippen LogP contribution in [0.5, 0.6) is 0 Å². The summed E-state index contributed by atoms with van der Waals surface area (Å²) in [6.45, 7) is 9.52. The monoisotopic (exact) mass is 545 g/mol. The fraction of sp³-hybridized carbons (Fsp3) is 0.893. The van der Waals surface area contributed by atoms with Crippen molar-refractivity contribution in [2.24, 2.45) is 17.8 Å². The van der Waals surface area contributed by atoms with Gasteiger partial charge in [-0.05, 0) is 70.1 Å². The molecule has 9 nitrogen and oxygen atoms in total. The SMILES string of the molecule is CC.COC1CC(CC(C)C(C)OC(=O)C2CCCCN2C(=O)C(=O)C2(O)OC(F)CCC2C)CCC1O. The van der Waals surface area contributed by atoms with Crippen LogP contribution >= 0.6 is 0 Å². The van der Waals surface area contributed by atoms with Gasteiger partial charge < -0.3 is 29.3 Å². The molecule has 2 N–H and O–H groups in total. The average molecular weight is 546 g/mol. The van der Waals surface area contributed by atoms with Crippen molar-refractivity contribution in [3.05, 3.63) is 0 Å². The van der Waals surface area contributed by atoms with Crippen molar-refractivity contribution in [3.8, 4) is 0 Å². The first-order valence-corrected chi connectivity index (χ1v) is 14.3. The summed E-state index contributed by atoms with van der Waals surface area (Å²) in [5.74, 6) is -5.79. The Morgan fingerprint density at radius 2 is 1.79 bits per heavy atom. The minimum Gasteiger partial charge on any atom is -0.461 e. The second kappa shape index (κ2) is 14.7. The van der Waals surface area contributed by atoms with Crippen LogP contribution in [0.25, 0.3) is 0 Å². The number of halogens is 1. The van der Waals surface area contributed by atoms with Gasteiger partial charge in [0, 0.05) is 26.0 Å². The van der Waals surface area contributed by atoms with E-state index in [1.165, 1.54) is 6.92 Å². The van der Waals surface area contributed by atoms with Gasteiger partial charge in [0.15, 0.2) is 0 Å². The molecule has 9 atom stereocenters. The second-order valence-electron chi connectivity index (χ2n) is 10.9. The molecule has 9 unspecified atom stereocenters. The number of rotatable bonds is 8. The number of esters is 1. The number of aliphatic hydroxyl groups is 2. The van der Waals surface area contributed by atoms with E-state index in [9.17, 15) is 29.0 Å². The summed E-state index contributed by atoms with van der Waals surface area (Å²) in [5, 5.41) is 20.8. The van der Waals surface area contributed by atoms with Crippen LogP contribution in [0.1, 0.15) is 92.4 Å². The number of ether oxygens (including phenoxy) is 3. The molecule has 0 radical (unpaired) electrons. The predicted molar refractivity (Wildman–Crippen MR) is 139 cm³/mol. The van der Waals surface area contributed by atoms with Crippen LogP contribution in [0.3, 0.4) is 0 Å². The van der Waals surface area contributed by atoms with E-state index in [0.29, 0.717) is 31.6 Å². The number of Topliss-reactive ketones (excluding diaryl/α,β-unsaturated/α-hetero) is 1. The van der Waals surface area contributed by atoms with Gasteiger partial charge in [-0.15, -0.1) is 0 Å². The van der Waals surface area contributed by atoms with Crippen molar-refractivity contribution < 1.29 is 43.2 Å². The van der Waals surface area contributed by atoms with E-state index < -0.39 is 54.0 Å². The summed E-state index contributed by atoms with van der Waals surface area (Å²) >= 11 is 0. The lowest BCUT2D eigenvalue weighted by Gasteiger charge is -2.40. The van der Waals surface area contributed by atoms with Gasteiger partial charge in [-0.2, -0.15) is 0 Å². The molecule has 2 aliphatic heterocycles. The van der Waals surface area contributed by atoms with Crippen molar-refractivity contribution in [3.63, 3.8) is 0 Å². The lowest BCUT2D eigenvalue weighted by atomic mass is 9.79. The van der Waals surface area contributed by atoms with Crippen molar-refractivity contribution in [1.29, 1.82) is 0 Å². The van der Waals surface area contributed by atoms with Crippen LogP contribution in [-0.4, -0.2) is 82.9 Å². The number of alkyl halides is 1. The molecule has 2 heterocycles. The molecule has 3 fully saturated rings. The third kappa shape index (κ3) is 7.73. The summed E-state index contributed by atoms with van der Waals surface area (Å²) in [5.41, 5.74) is 0. The summed E-state index contributed by atoms with van der Waals surface area (Å²) in [7, 11) is 1.60. The zero-order valence-corrected chi connectivity index (χ0v) is 23.9. The number of ketones is 1. The standard InChI is InChI=1S/C26H42FNO8.C2H6/c1-15(13-18-9-10-20(29)21(14-18)34-4)17(3)35-25(32)19-7-5-6-12-28(19)24(31)23(30)26(33)16(2)8-11-22(27)36-26;1-2/h15-22,29,33H,5-14H2,1-4H3;1-2H3. The van der Waals surface area contributed by atoms with E-state index in [-0.39, 0.29) is 31.4 Å². The summed E-state index contributed by atoms with van der Waals surface area (Å²) < 4.78 is 29.9. The van der Waals surface area contributed by atoms with Gasteiger partial charge in [-0.25, -0.2) is 9.18 Å². The third-order valence-electron chi connectivity index (χ3n) is 8.33. The maximum absolute atomic E-state index is 13.8. The molecule has 0 spiro atoms. The smallest absolute Gasteiger partial charge is 0.329 e. The van der Waals surface area contributed by atoms with Gasteiger partial charge in [0.2, 0.25) is 12.1 Å².